The number of rotatable bonds is 3. The van der Waals surface area contributed by atoms with Gasteiger partial charge in [-0.1, -0.05) is 12.1 Å². The van der Waals surface area contributed by atoms with E-state index >= 15 is 0 Å². The molecule has 0 saturated carbocycles. The second-order valence-electron chi connectivity index (χ2n) is 8.21. The van der Waals surface area contributed by atoms with E-state index in [0.29, 0.717) is 36.8 Å². The number of hydrogen-bond acceptors (Lipinski definition) is 7. The van der Waals surface area contributed by atoms with Gasteiger partial charge in [-0.25, -0.2) is 19.9 Å². The second-order valence-corrected chi connectivity index (χ2v) is 8.21. The number of hydrogen-bond donors (Lipinski definition) is 1. The van der Waals surface area contributed by atoms with Crippen molar-refractivity contribution in [1.29, 1.82) is 0 Å². The molecule has 2 aromatic carbocycles. The largest absolute Gasteiger partial charge is 0.383 e. The van der Waals surface area contributed by atoms with Crippen molar-refractivity contribution in [1.82, 2.24) is 29.7 Å². The molecule has 3 heterocycles. The minimum atomic E-state index is 0.0257. The van der Waals surface area contributed by atoms with Gasteiger partial charge in [0.15, 0.2) is 0 Å². The Labute approximate surface area is 186 Å². The monoisotopic (exact) mass is 427 g/mol. The molecule has 0 unspecified atom stereocenters. The summed E-state index contributed by atoms with van der Waals surface area (Å²) in [5.74, 6) is 1.24. The first-order valence-corrected chi connectivity index (χ1v) is 10.8. The second kappa shape index (κ2) is 8.12. The maximum Gasteiger partial charge on any atom is 0.254 e. The average Bonchev–Trinajstić information content (AvgIpc) is 2.80. The summed E-state index contributed by atoms with van der Waals surface area (Å²) in [6, 6.07) is 13.3. The van der Waals surface area contributed by atoms with Crippen molar-refractivity contribution >= 4 is 33.7 Å². The van der Waals surface area contributed by atoms with Crippen molar-refractivity contribution in [2.24, 2.45) is 0 Å². The van der Waals surface area contributed by atoms with Gasteiger partial charge in [-0.3, -0.25) is 9.69 Å². The molecule has 2 N–H and O–H groups in total. The van der Waals surface area contributed by atoms with Crippen LogP contribution in [0.2, 0.25) is 0 Å². The van der Waals surface area contributed by atoms with Crippen molar-refractivity contribution < 1.29 is 4.79 Å². The zero-order chi connectivity index (χ0) is 22.2. The van der Waals surface area contributed by atoms with Crippen LogP contribution < -0.4 is 5.73 Å². The molecule has 0 spiro atoms. The third-order valence-corrected chi connectivity index (χ3v) is 6.03. The molecule has 1 amide bonds. The van der Waals surface area contributed by atoms with E-state index in [1.54, 1.807) is 0 Å². The Balaban J connectivity index is 1.26. The van der Waals surface area contributed by atoms with Gasteiger partial charge in [0.25, 0.3) is 5.91 Å². The molecule has 1 aliphatic rings. The van der Waals surface area contributed by atoms with Gasteiger partial charge in [0, 0.05) is 37.1 Å². The maximum atomic E-state index is 13.1. The summed E-state index contributed by atoms with van der Waals surface area (Å²) in [7, 11) is 0. The number of amides is 1. The third kappa shape index (κ3) is 3.85. The van der Waals surface area contributed by atoms with E-state index in [2.05, 4.69) is 24.8 Å². The van der Waals surface area contributed by atoms with E-state index in [9.17, 15) is 4.79 Å². The fraction of sp³-hybridized carbons (Fsp3) is 0.292. The number of aromatic nitrogens is 4. The number of nitrogens with zero attached hydrogens (tertiary/aromatic N) is 6. The summed E-state index contributed by atoms with van der Waals surface area (Å²) in [6.07, 6.45) is 0. The summed E-state index contributed by atoms with van der Waals surface area (Å²) in [6.45, 7) is 7.30. The summed E-state index contributed by atoms with van der Waals surface area (Å²) in [4.78, 5) is 35.5. The standard InChI is InChI=1S/C24H25N7O/c1-15-16(2)27-21-13-17(7-8-20(21)26-15)24(32)31-11-9-30(10-12-31)14-22-28-19-6-4-3-5-18(19)23(25)29-22/h3-8,13H,9-12,14H2,1-2H3,(H2,25,28,29). The number of anilines is 1. The summed E-state index contributed by atoms with van der Waals surface area (Å²) >= 11 is 0. The van der Waals surface area contributed by atoms with Crippen LogP contribution >= 0.6 is 0 Å². The molecule has 0 aliphatic carbocycles. The first kappa shape index (κ1) is 20.3. The van der Waals surface area contributed by atoms with Crippen molar-refractivity contribution in [3.8, 4) is 0 Å². The third-order valence-electron chi connectivity index (χ3n) is 6.03. The van der Waals surface area contributed by atoms with Gasteiger partial charge in [0.1, 0.15) is 11.6 Å². The molecule has 5 rings (SSSR count). The maximum absolute atomic E-state index is 13.1. The van der Waals surface area contributed by atoms with Crippen LogP contribution in [0.5, 0.6) is 0 Å². The predicted molar refractivity (Wildman–Crippen MR) is 124 cm³/mol. The average molecular weight is 428 g/mol. The Bertz CT molecular complexity index is 1330. The molecule has 0 radical (unpaired) electrons. The van der Waals surface area contributed by atoms with E-state index in [-0.39, 0.29) is 5.91 Å². The quantitative estimate of drug-likeness (QED) is 0.536. The molecular weight excluding hydrogens is 402 g/mol. The van der Waals surface area contributed by atoms with E-state index in [4.69, 9.17) is 5.73 Å². The molecule has 1 aliphatic heterocycles. The van der Waals surface area contributed by atoms with E-state index < -0.39 is 0 Å². The summed E-state index contributed by atoms with van der Waals surface area (Å²) in [5.41, 5.74) is 11.0. The van der Waals surface area contributed by atoms with Crippen LogP contribution in [0.25, 0.3) is 21.9 Å². The molecule has 1 fully saturated rings. The molecule has 0 bridgehead atoms. The van der Waals surface area contributed by atoms with Crippen LogP contribution in [0, 0.1) is 13.8 Å². The minimum Gasteiger partial charge on any atom is -0.383 e. The highest BCUT2D eigenvalue weighted by molar-refractivity contribution is 5.97. The first-order chi connectivity index (χ1) is 15.5. The lowest BCUT2D eigenvalue weighted by atomic mass is 10.1. The summed E-state index contributed by atoms with van der Waals surface area (Å²) in [5, 5.41) is 0.872. The molecule has 4 aromatic rings. The molecule has 0 atom stereocenters. The van der Waals surface area contributed by atoms with Gasteiger partial charge in [-0.05, 0) is 44.2 Å². The number of nitrogen functional groups attached to an aromatic ring is 1. The van der Waals surface area contributed by atoms with Crippen molar-refractivity contribution in [3.05, 3.63) is 65.2 Å². The Kier molecular flexibility index (Phi) is 5.14. The van der Waals surface area contributed by atoms with Crippen LogP contribution in [-0.2, 0) is 6.54 Å². The number of aryl methyl sites for hydroxylation is 2. The van der Waals surface area contributed by atoms with E-state index in [1.807, 2.05) is 61.2 Å². The predicted octanol–water partition coefficient (Wildman–Crippen LogP) is 2.73. The number of fused-ring (bicyclic) bond motifs is 2. The molecule has 32 heavy (non-hydrogen) atoms. The highest BCUT2D eigenvalue weighted by Crippen LogP contribution is 2.19. The number of carbonyl (C=O) groups excluding carboxylic acids is 1. The molecule has 8 heteroatoms. The number of nitrogens with two attached hydrogens (primary N) is 1. The Morgan fingerprint density at radius 3 is 2.38 bits per heavy atom. The molecule has 8 nitrogen and oxygen atoms in total. The minimum absolute atomic E-state index is 0.0257. The van der Waals surface area contributed by atoms with E-state index in [0.717, 1.165) is 46.4 Å². The first-order valence-electron chi connectivity index (χ1n) is 10.8. The van der Waals surface area contributed by atoms with Crippen LogP contribution in [0.15, 0.2) is 42.5 Å². The number of para-hydroxylation sites is 1. The molecular formula is C24H25N7O. The van der Waals surface area contributed by atoms with E-state index in [1.165, 1.54) is 0 Å². The normalized spacial score (nSPS) is 14.9. The van der Waals surface area contributed by atoms with Crippen LogP contribution in [-0.4, -0.2) is 61.8 Å². The summed E-state index contributed by atoms with van der Waals surface area (Å²) < 4.78 is 0. The highest BCUT2D eigenvalue weighted by Gasteiger charge is 2.23. The lowest BCUT2D eigenvalue weighted by Crippen LogP contribution is -2.48. The van der Waals surface area contributed by atoms with Crippen LogP contribution in [0.1, 0.15) is 27.6 Å². The Hall–Kier alpha value is -3.65. The van der Waals surface area contributed by atoms with Gasteiger partial charge in [-0.2, -0.15) is 0 Å². The lowest BCUT2D eigenvalue weighted by Gasteiger charge is -2.34. The molecule has 162 valence electrons. The topological polar surface area (TPSA) is 101 Å². The fourth-order valence-electron chi connectivity index (χ4n) is 4.08. The number of benzene rings is 2. The molecule has 1 saturated heterocycles. The van der Waals surface area contributed by atoms with Crippen molar-refractivity contribution in [2.45, 2.75) is 20.4 Å². The van der Waals surface area contributed by atoms with Gasteiger partial charge < -0.3 is 10.6 Å². The van der Waals surface area contributed by atoms with Crippen molar-refractivity contribution in [3.63, 3.8) is 0 Å². The zero-order valence-electron chi connectivity index (χ0n) is 18.2. The fourth-order valence-corrected chi connectivity index (χ4v) is 4.08. The van der Waals surface area contributed by atoms with Crippen LogP contribution in [0.4, 0.5) is 5.82 Å². The zero-order valence-corrected chi connectivity index (χ0v) is 18.2. The SMILES string of the molecule is Cc1nc2ccc(C(=O)N3CCN(Cc4nc(N)c5ccccc5n4)CC3)cc2nc1C. The van der Waals surface area contributed by atoms with Gasteiger partial charge in [0.2, 0.25) is 0 Å². The number of piperazine rings is 1. The highest BCUT2D eigenvalue weighted by atomic mass is 16.2. The Morgan fingerprint density at radius 1 is 0.875 bits per heavy atom. The van der Waals surface area contributed by atoms with Gasteiger partial charge in [-0.15, -0.1) is 0 Å². The molecule has 2 aromatic heterocycles. The smallest absolute Gasteiger partial charge is 0.254 e. The van der Waals surface area contributed by atoms with Crippen molar-refractivity contribution in [2.75, 3.05) is 31.9 Å². The lowest BCUT2D eigenvalue weighted by molar-refractivity contribution is 0.0626. The van der Waals surface area contributed by atoms with Gasteiger partial charge >= 0.3 is 0 Å². The number of carbonyl (C=O) groups is 1. The van der Waals surface area contributed by atoms with Gasteiger partial charge in [0.05, 0.1) is 34.5 Å². The van der Waals surface area contributed by atoms with Crippen LogP contribution in [0.3, 0.4) is 0 Å². The Morgan fingerprint density at radius 2 is 1.59 bits per heavy atom.